The lowest BCUT2D eigenvalue weighted by molar-refractivity contribution is -0.123. The van der Waals surface area contributed by atoms with Gasteiger partial charge in [-0.25, -0.2) is 4.98 Å². The molecule has 0 bridgehead atoms. The number of halogens is 1. The van der Waals surface area contributed by atoms with E-state index in [1.54, 1.807) is 0 Å². The predicted molar refractivity (Wildman–Crippen MR) is 88.3 cm³/mol. The zero-order valence-electron chi connectivity index (χ0n) is 12.7. The standard InChI is InChI=1S/C16H21N3O2.ClH/c1-11-5-4-7-13-15(11)19-14(21-13)8-10-18-16(20)12-6-2-3-9-17-12;/h4-5,7,12,17H,2-3,6,8-10H2,1H3,(H,18,20);1H. The number of carbonyl (C=O) groups excluding carboxylic acids is 1. The number of carbonyl (C=O) groups is 1. The lowest BCUT2D eigenvalue weighted by atomic mass is 10.0. The molecule has 1 saturated heterocycles. The van der Waals surface area contributed by atoms with Crippen LogP contribution < -0.4 is 10.6 Å². The van der Waals surface area contributed by atoms with Crippen molar-refractivity contribution in [1.29, 1.82) is 0 Å². The van der Waals surface area contributed by atoms with E-state index < -0.39 is 0 Å². The van der Waals surface area contributed by atoms with Crippen molar-refractivity contribution < 1.29 is 9.21 Å². The van der Waals surface area contributed by atoms with Crippen LogP contribution in [0.1, 0.15) is 30.7 Å². The minimum Gasteiger partial charge on any atom is -0.441 e. The number of para-hydroxylation sites is 1. The molecule has 3 rings (SSSR count). The van der Waals surface area contributed by atoms with Gasteiger partial charge in [0.05, 0.1) is 6.04 Å². The minimum absolute atomic E-state index is 0. The highest BCUT2D eigenvalue weighted by molar-refractivity contribution is 5.85. The zero-order chi connectivity index (χ0) is 14.7. The molecule has 0 spiro atoms. The largest absolute Gasteiger partial charge is 0.441 e. The Labute approximate surface area is 136 Å². The van der Waals surface area contributed by atoms with Crippen LogP contribution in [-0.2, 0) is 11.2 Å². The van der Waals surface area contributed by atoms with Crippen LogP contribution >= 0.6 is 12.4 Å². The summed E-state index contributed by atoms with van der Waals surface area (Å²) < 4.78 is 5.70. The number of benzene rings is 1. The molecule has 120 valence electrons. The molecule has 1 fully saturated rings. The second-order valence-electron chi connectivity index (χ2n) is 5.57. The van der Waals surface area contributed by atoms with Crippen LogP contribution in [0.4, 0.5) is 0 Å². The fourth-order valence-electron chi connectivity index (χ4n) is 2.73. The molecule has 5 nitrogen and oxygen atoms in total. The van der Waals surface area contributed by atoms with Crippen molar-refractivity contribution in [3.05, 3.63) is 29.7 Å². The van der Waals surface area contributed by atoms with Crippen LogP contribution in [0.2, 0.25) is 0 Å². The number of oxazole rings is 1. The summed E-state index contributed by atoms with van der Waals surface area (Å²) in [6.07, 6.45) is 3.82. The Bertz CT molecular complexity index is 635. The van der Waals surface area contributed by atoms with Crippen LogP contribution in [0.5, 0.6) is 0 Å². The molecule has 1 aliphatic heterocycles. The Hall–Kier alpha value is -1.59. The first-order valence-electron chi connectivity index (χ1n) is 7.60. The molecule has 1 atom stereocenters. The minimum atomic E-state index is -0.0374. The van der Waals surface area contributed by atoms with Crippen LogP contribution in [0.3, 0.4) is 0 Å². The molecule has 1 unspecified atom stereocenters. The molecule has 1 aromatic heterocycles. The first-order valence-corrected chi connectivity index (χ1v) is 7.60. The summed E-state index contributed by atoms with van der Waals surface area (Å²) in [4.78, 5) is 16.5. The average molecular weight is 324 g/mol. The van der Waals surface area contributed by atoms with Crippen LogP contribution in [0.25, 0.3) is 11.1 Å². The predicted octanol–water partition coefficient (Wildman–Crippen LogP) is 2.36. The summed E-state index contributed by atoms with van der Waals surface area (Å²) in [6, 6.07) is 5.86. The van der Waals surface area contributed by atoms with Gasteiger partial charge >= 0.3 is 0 Å². The Kier molecular flexibility index (Phi) is 5.80. The van der Waals surface area contributed by atoms with Gasteiger partial charge in [-0.3, -0.25) is 4.79 Å². The van der Waals surface area contributed by atoms with Gasteiger partial charge in [0.1, 0.15) is 5.52 Å². The number of aromatic nitrogens is 1. The summed E-state index contributed by atoms with van der Waals surface area (Å²) in [7, 11) is 0. The van der Waals surface area contributed by atoms with Gasteiger partial charge < -0.3 is 15.1 Å². The maximum Gasteiger partial charge on any atom is 0.237 e. The van der Waals surface area contributed by atoms with Crippen molar-refractivity contribution in [3.8, 4) is 0 Å². The monoisotopic (exact) mass is 323 g/mol. The third-order valence-corrected chi connectivity index (χ3v) is 3.93. The zero-order valence-corrected chi connectivity index (χ0v) is 13.5. The summed E-state index contributed by atoms with van der Waals surface area (Å²) >= 11 is 0. The Morgan fingerprint density at radius 2 is 2.32 bits per heavy atom. The summed E-state index contributed by atoms with van der Waals surface area (Å²) in [5, 5.41) is 6.20. The molecule has 6 heteroatoms. The lowest BCUT2D eigenvalue weighted by Gasteiger charge is -2.22. The van der Waals surface area contributed by atoms with Crippen molar-refractivity contribution >= 4 is 29.4 Å². The third kappa shape index (κ3) is 3.78. The van der Waals surface area contributed by atoms with E-state index in [2.05, 4.69) is 15.6 Å². The molecule has 0 radical (unpaired) electrons. The van der Waals surface area contributed by atoms with Crippen molar-refractivity contribution in [2.45, 2.75) is 38.6 Å². The lowest BCUT2D eigenvalue weighted by Crippen LogP contribution is -2.47. The van der Waals surface area contributed by atoms with Crippen LogP contribution in [0, 0.1) is 6.92 Å². The molecule has 1 aliphatic rings. The molecule has 2 aromatic rings. The average Bonchev–Trinajstić information content (AvgIpc) is 2.92. The number of hydrogen-bond acceptors (Lipinski definition) is 4. The number of rotatable bonds is 4. The molecule has 22 heavy (non-hydrogen) atoms. The Morgan fingerprint density at radius 1 is 1.45 bits per heavy atom. The number of nitrogens with one attached hydrogen (secondary N) is 2. The number of amides is 1. The Morgan fingerprint density at radius 3 is 3.05 bits per heavy atom. The topological polar surface area (TPSA) is 67.2 Å². The van der Waals surface area contributed by atoms with Gasteiger partial charge in [0.2, 0.25) is 5.91 Å². The summed E-state index contributed by atoms with van der Waals surface area (Å²) in [5.74, 6) is 0.762. The van der Waals surface area contributed by atoms with Gasteiger partial charge in [0.25, 0.3) is 0 Å². The smallest absolute Gasteiger partial charge is 0.237 e. The highest BCUT2D eigenvalue weighted by Gasteiger charge is 2.19. The van der Waals surface area contributed by atoms with Crippen LogP contribution in [-0.4, -0.2) is 30.0 Å². The van der Waals surface area contributed by atoms with Crippen LogP contribution in [0.15, 0.2) is 22.6 Å². The molecule has 0 aliphatic carbocycles. The maximum atomic E-state index is 12.0. The Balaban J connectivity index is 0.00000176. The number of nitrogens with zero attached hydrogens (tertiary/aromatic N) is 1. The van der Waals surface area contributed by atoms with E-state index in [0.29, 0.717) is 18.9 Å². The number of fused-ring (bicyclic) bond motifs is 1. The number of aryl methyl sites for hydroxylation is 1. The molecule has 0 saturated carbocycles. The normalized spacial score (nSPS) is 18.0. The highest BCUT2D eigenvalue weighted by atomic mass is 35.5. The van der Waals surface area contributed by atoms with Gasteiger partial charge in [-0.2, -0.15) is 0 Å². The molecule has 1 amide bonds. The van der Waals surface area contributed by atoms with Crippen molar-refractivity contribution in [2.24, 2.45) is 0 Å². The van der Waals surface area contributed by atoms with E-state index in [-0.39, 0.29) is 24.4 Å². The van der Waals surface area contributed by atoms with E-state index in [4.69, 9.17) is 4.42 Å². The van der Waals surface area contributed by atoms with Gasteiger partial charge in [0, 0.05) is 13.0 Å². The van der Waals surface area contributed by atoms with E-state index in [1.807, 2.05) is 25.1 Å². The SMILES string of the molecule is Cc1cccc2oc(CCNC(=O)C3CCCCN3)nc12.Cl. The summed E-state index contributed by atoms with van der Waals surface area (Å²) in [6.45, 7) is 3.51. The van der Waals surface area contributed by atoms with E-state index in [9.17, 15) is 4.79 Å². The highest BCUT2D eigenvalue weighted by Crippen LogP contribution is 2.18. The third-order valence-electron chi connectivity index (χ3n) is 3.93. The fraction of sp³-hybridized carbons (Fsp3) is 0.500. The van der Waals surface area contributed by atoms with Crippen molar-refractivity contribution in [2.75, 3.05) is 13.1 Å². The van der Waals surface area contributed by atoms with E-state index >= 15 is 0 Å². The van der Waals surface area contributed by atoms with Gasteiger partial charge in [-0.1, -0.05) is 18.6 Å². The molecular formula is C16H22ClN3O2. The van der Waals surface area contributed by atoms with Crippen molar-refractivity contribution in [3.63, 3.8) is 0 Å². The molecule has 2 heterocycles. The fourth-order valence-corrected chi connectivity index (χ4v) is 2.73. The number of hydrogen-bond donors (Lipinski definition) is 2. The first-order chi connectivity index (χ1) is 10.2. The van der Waals surface area contributed by atoms with Gasteiger partial charge in [-0.05, 0) is 37.9 Å². The van der Waals surface area contributed by atoms with E-state index in [0.717, 1.165) is 42.5 Å². The molecular weight excluding hydrogens is 302 g/mol. The number of piperidine rings is 1. The second-order valence-corrected chi connectivity index (χ2v) is 5.57. The molecule has 2 N–H and O–H groups in total. The van der Waals surface area contributed by atoms with Crippen molar-refractivity contribution in [1.82, 2.24) is 15.6 Å². The quantitative estimate of drug-likeness (QED) is 0.906. The summed E-state index contributed by atoms with van der Waals surface area (Å²) in [5.41, 5.74) is 2.83. The first kappa shape index (κ1) is 16.8. The van der Waals surface area contributed by atoms with E-state index in [1.165, 1.54) is 0 Å². The van der Waals surface area contributed by atoms with Gasteiger partial charge in [0.15, 0.2) is 11.5 Å². The molecule has 1 aromatic carbocycles. The van der Waals surface area contributed by atoms with Gasteiger partial charge in [-0.15, -0.1) is 12.4 Å². The second kappa shape index (κ2) is 7.61. The maximum absolute atomic E-state index is 12.0.